The van der Waals surface area contributed by atoms with Crippen molar-refractivity contribution in [1.29, 1.82) is 0 Å². The molecule has 0 N–H and O–H groups in total. The average Bonchev–Trinajstić information content (AvgIpc) is 2.16. The third kappa shape index (κ3) is 2.38. The molecule has 1 aromatic carbocycles. The first-order valence-electron chi connectivity index (χ1n) is 3.63. The SMILES string of the molecule is CSc1ccc(CS)cc1SC. The van der Waals surface area contributed by atoms with Crippen molar-refractivity contribution in [1.82, 2.24) is 0 Å². The minimum Gasteiger partial charge on any atom is -0.175 e. The summed E-state index contributed by atoms with van der Waals surface area (Å²) in [5.41, 5.74) is 1.29. The smallest absolute Gasteiger partial charge is 0.0208 e. The molecule has 3 heteroatoms. The largest absolute Gasteiger partial charge is 0.175 e. The lowest BCUT2D eigenvalue weighted by Gasteiger charge is -2.05. The van der Waals surface area contributed by atoms with Crippen LogP contribution >= 0.6 is 36.2 Å². The molecule has 0 aliphatic carbocycles. The highest BCUT2D eigenvalue weighted by molar-refractivity contribution is 8.01. The van der Waals surface area contributed by atoms with Crippen molar-refractivity contribution in [3.05, 3.63) is 23.8 Å². The van der Waals surface area contributed by atoms with Crippen LogP contribution in [0.15, 0.2) is 28.0 Å². The van der Waals surface area contributed by atoms with E-state index >= 15 is 0 Å². The van der Waals surface area contributed by atoms with Crippen LogP contribution in [0.3, 0.4) is 0 Å². The maximum absolute atomic E-state index is 4.24. The molecule has 0 heterocycles. The van der Waals surface area contributed by atoms with E-state index in [1.807, 2.05) is 0 Å². The fourth-order valence-corrected chi connectivity index (χ4v) is 2.68. The van der Waals surface area contributed by atoms with E-state index in [0.717, 1.165) is 5.75 Å². The molecule has 0 amide bonds. The molecule has 0 radical (unpaired) electrons. The number of hydrogen-bond acceptors (Lipinski definition) is 3. The Morgan fingerprint density at radius 1 is 1.17 bits per heavy atom. The van der Waals surface area contributed by atoms with Gasteiger partial charge in [0.05, 0.1) is 0 Å². The number of hydrogen-bond donors (Lipinski definition) is 1. The van der Waals surface area contributed by atoms with E-state index in [1.165, 1.54) is 15.4 Å². The zero-order valence-corrected chi connectivity index (χ0v) is 9.73. The zero-order chi connectivity index (χ0) is 8.97. The van der Waals surface area contributed by atoms with Crippen LogP contribution in [0.25, 0.3) is 0 Å². The Kier molecular flexibility index (Phi) is 4.40. The van der Waals surface area contributed by atoms with Gasteiger partial charge >= 0.3 is 0 Å². The molecule has 66 valence electrons. The summed E-state index contributed by atoms with van der Waals surface area (Å²) in [7, 11) is 0. The summed E-state index contributed by atoms with van der Waals surface area (Å²) in [6.07, 6.45) is 4.22. The van der Waals surface area contributed by atoms with E-state index in [1.54, 1.807) is 23.5 Å². The fourth-order valence-electron chi connectivity index (χ4n) is 0.979. The molecule has 0 bridgehead atoms. The Labute approximate surface area is 87.9 Å². The van der Waals surface area contributed by atoms with E-state index in [9.17, 15) is 0 Å². The highest BCUT2D eigenvalue weighted by Gasteiger charge is 2.00. The summed E-state index contributed by atoms with van der Waals surface area (Å²) >= 11 is 7.83. The van der Waals surface area contributed by atoms with E-state index in [4.69, 9.17) is 0 Å². The molecule has 0 spiro atoms. The second-order valence-electron chi connectivity index (χ2n) is 2.35. The summed E-state index contributed by atoms with van der Waals surface area (Å²) in [6, 6.07) is 6.52. The molecule has 0 nitrogen and oxygen atoms in total. The molecule has 1 aromatic rings. The van der Waals surface area contributed by atoms with Gasteiger partial charge in [0.2, 0.25) is 0 Å². The first-order chi connectivity index (χ1) is 5.81. The van der Waals surface area contributed by atoms with Crippen LogP contribution in [-0.4, -0.2) is 12.5 Å². The molecule has 1 rings (SSSR count). The molecule has 0 atom stereocenters. The van der Waals surface area contributed by atoms with Crippen molar-refractivity contribution >= 4 is 36.2 Å². The van der Waals surface area contributed by atoms with Crippen LogP contribution in [-0.2, 0) is 5.75 Å². The number of benzene rings is 1. The Hall–Kier alpha value is 0.270. The molecule has 0 saturated heterocycles. The van der Waals surface area contributed by atoms with Crippen LogP contribution in [0.5, 0.6) is 0 Å². The lowest BCUT2D eigenvalue weighted by atomic mass is 10.2. The Balaban J connectivity index is 3.02. The van der Waals surface area contributed by atoms with Gasteiger partial charge in [0, 0.05) is 15.5 Å². The van der Waals surface area contributed by atoms with E-state index in [-0.39, 0.29) is 0 Å². The number of rotatable bonds is 3. The van der Waals surface area contributed by atoms with Gasteiger partial charge in [-0.1, -0.05) is 6.07 Å². The quantitative estimate of drug-likeness (QED) is 0.606. The average molecular weight is 216 g/mol. The van der Waals surface area contributed by atoms with Crippen molar-refractivity contribution in [2.45, 2.75) is 15.5 Å². The third-order valence-corrected chi connectivity index (χ3v) is 3.70. The van der Waals surface area contributed by atoms with Crippen LogP contribution in [0.1, 0.15) is 5.56 Å². The first kappa shape index (κ1) is 10.4. The Morgan fingerprint density at radius 3 is 2.33 bits per heavy atom. The minimum absolute atomic E-state index is 0.822. The van der Waals surface area contributed by atoms with Gasteiger partial charge in [-0.05, 0) is 30.2 Å². The van der Waals surface area contributed by atoms with Crippen molar-refractivity contribution in [3.8, 4) is 0 Å². The molecule has 12 heavy (non-hydrogen) atoms. The van der Waals surface area contributed by atoms with E-state index in [0.29, 0.717) is 0 Å². The molecule has 0 unspecified atom stereocenters. The predicted octanol–water partition coefficient (Wildman–Crippen LogP) is 3.56. The van der Waals surface area contributed by atoms with Crippen molar-refractivity contribution in [3.63, 3.8) is 0 Å². The van der Waals surface area contributed by atoms with Crippen LogP contribution < -0.4 is 0 Å². The van der Waals surface area contributed by atoms with Gasteiger partial charge in [0.15, 0.2) is 0 Å². The van der Waals surface area contributed by atoms with Crippen LogP contribution in [0, 0.1) is 0 Å². The lowest BCUT2D eigenvalue weighted by Crippen LogP contribution is -1.81. The molecule has 0 fully saturated rings. The van der Waals surface area contributed by atoms with Gasteiger partial charge in [0.25, 0.3) is 0 Å². The van der Waals surface area contributed by atoms with E-state index < -0.39 is 0 Å². The predicted molar refractivity (Wildman–Crippen MR) is 62.7 cm³/mol. The third-order valence-electron chi connectivity index (χ3n) is 1.63. The maximum Gasteiger partial charge on any atom is 0.0208 e. The maximum atomic E-state index is 4.24. The monoisotopic (exact) mass is 216 g/mol. The first-order valence-corrected chi connectivity index (χ1v) is 6.71. The summed E-state index contributed by atoms with van der Waals surface area (Å²) in [5, 5.41) is 0. The van der Waals surface area contributed by atoms with Gasteiger partial charge in [-0.25, -0.2) is 0 Å². The van der Waals surface area contributed by atoms with Crippen molar-refractivity contribution in [2.24, 2.45) is 0 Å². The second-order valence-corrected chi connectivity index (χ2v) is 4.36. The lowest BCUT2D eigenvalue weighted by molar-refractivity contribution is 1.21. The Morgan fingerprint density at radius 2 is 1.83 bits per heavy atom. The Bertz CT molecular complexity index is 258. The van der Waals surface area contributed by atoms with Crippen molar-refractivity contribution in [2.75, 3.05) is 12.5 Å². The normalized spacial score (nSPS) is 10.2. The fraction of sp³-hybridized carbons (Fsp3) is 0.333. The zero-order valence-electron chi connectivity index (χ0n) is 7.20. The highest BCUT2D eigenvalue weighted by atomic mass is 32.2. The van der Waals surface area contributed by atoms with Gasteiger partial charge < -0.3 is 0 Å². The highest BCUT2D eigenvalue weighted by Crippen LogP contribution is 2.29. The molecule has 0 aliphatic heterocycles. The molecular weight excluding hydrogens is 204 g/mol. The van der Waals surface area contributed by atoms with Crippen molar-refractivity contribution < 1.29 is 0 Å². The van der Waals surface area contributed by atoms with Gasteiger partial charge in [-0.3, -0.25) is 0 Å². The standard InChI is InChI=1S/C9H12S3/c1-11-8-4-3-7(6-10)5-9(8)12-2/h3-5,10H,6H2,1-2H3. The number of thioether (sulfide) groups is 2. The summed E-state index contributed by atoms with van der Waals surface area (Å²) < 4.78 is 0. The van der Waals surface area contributed by atoms with E-state index in [2.05, 4.69) is 43.3 Å². The topological polar surface area (TPSA) is 0 Å². The van der Waals surface area contributed by atoms with Crippen LogP contribution in [0.4, 0.5) is 0 Å². The van der Waals surface area contributed by atoms with Gasteiger partial charge in [-0.15, -0.1) is 23.5 Å². The number of thiol groups is 1. The van der Waals surface area contributed by atoms with Gasteiger partial charge in [0.1, 0.15) is 0 Å². The molecule has 0 saturated carbocycles. The van der Waals surface area contributed by atoms with Gasteiger partial charge in [-0.2, -0.15) is 12.6 Å². The molecule has 0 aromatic heterocycles. The molecular formula is C9H12S3. The summed E-state index contributed by atoms with van der Waals surface area (Å²) in [5.74, 6) is 0.822. The van der Waals surface area contributed by atoms with Crippen LogP contribution in [0.2, 0.25) is 0 Å². The summed E-state index contributed by atoms with van der Waals surface area (Å²) in [6.45, 7) is 0. The summed E-state index contributed by atoms with van der Waals surface area (Å²) in [4.78, 5) is 2.71. The molecule has 0 aliphatic rings. The second kappa shape index (κ2) is 5.10. The minimum atomic E-state index is 0.822.